The lowest BCUT2D eigenvalue weighted by molar-refractivity contribution is 0.0601. The van der Waals surface area contributed by atoms with Crippen molar-refractivity contribution in [2.45, 2.75) is 31.8 Å². The Labute approximate surface area is 125 Å². The number of para-hydroxylation sites is 1. The van der Waals surface area contributed by atoms with E-state index < -0.39 is 5.97 Å². The highest BCUT2D eigenvalue weighted by molar-refractivity contribution is 5.90. The molecule has 0 amide bonds. The molecule has 1 aliphatic rings. The van der Waals surface area contributed by atoms with E-state index in [2.05, 4.69) is 5.32 Å². The molecule has 21 heavy (non-hydrogen) atoms. The van der Waals surface area contributed by atoms with E-state index in [1.165, 1.54) is 25.7 Å². The highest BCUT2D eigenvalue weighted by Crippen LogP contribution is 2.20. The van der Waals surface area contributed by atoms with Gasteiger partial charge in [-0.05, 0) is 25.0 Å². The number of nitrogens with one attached hydrogen (secondary N) is 1. The molecule has 116 valence electrons. The number of rotatable bonds is 9. The van der Waals surface area contributed by atoms with Crippen LogP contribution in [-0.2, 0) is 4.74 Å². The highest BCUT2D eigenvalue weighted by atomic mass is 16.5. The first-order chi connectivity index (χ1) is 10.3. The van der Waals surface area contributed by atoms with E-state index in [-0.39, 0.29) is 5.56 Å². The Morgan fingerprint density at radius 1 is 1.19 bits per heavy atom. The summed E-state index contributed by atoms with van der Waals surface area (Å²) in [7, 11) is 0. The third kappa shape index (κ3) is 5.36. The first-order valence-corrected chi connectivity index (χ1v) is 7.55. The van der Waals surface area contributed by atoms with Crippen LogP contribution in [-0.4, -0.2) is 43.5 Å². The Bertz CT molecular complexity index is 444. The van der Waals surface area contributed by atoms with Gasteiger partial charge >= 0.3 is 5.97 Å². The van der Waals surface area contributed by atoms with Gasteiger partial charge in [-0.1, -0.05) is 25.0 Å². The Hall–Kier alpha value is -1.59. The van der Waals surface area contributed by atoms with Gasteiger partial charge in [-0.15, -0.1) is 0 Å². The second kappa shape index (κ2) is 8.64. The molecule has 1 aromatic carbocycles. The Balaban J connectivity index is 1.56. The summed E-state index contributed by atoms with van der Waals surface area (Å²) in [4.78, 5) is 11.0. The zero-order valence-electron chi connectivity index (χ0n) is 12.2. The van der Waals surface area contributed by atoms with Crippen LogP contribution in [0.3, 0.4) is 0 Å². The lowest BCUT2D eigenvalue weighted by Gasteiger charge is -2.12. The van der Waals surface area contributed by atoms with Crippen LogP contribution in [0.4, 0.5) is 0 Å². The minimum absolute atomic E-state index is 0.196. The summed E-state index contributed by atoms with van der Waals surface area (Å²) >= 11 is 0. The quantitative estimate of drug-likeness (QED) is 0.684. The topological polar surface area (TPSA) is 67.8 Å². The van der Waals surface area contributed by atoms with E-state index in [0.29, 0.717) is 25.0 Å². The summed E-state index contributed by atoms with van der Waals surface area (Å²) < 4.78 is 11.2. The van der Waals surface area contributed by atoms with Crippen molar-refractivity contribution in [1.29, 1.82) is 0 Å². The van der Waals surface area contributed by atoms with Gasteiger partial charge in [0.05, 0.1) is 12.7 Å². The number of carboxylic acids is 1. The molecule has 0 heterocycles. The number of ether oxygens (including phenoxy) is 2. The average Bonchev–Trinajstić information content (AvgIpc) is 3.00. The van der Waals surface area contributed by atoms with Crippen LogP contribution >= 0.6 is 0 Å². The number of carboxylic acid groups (broad SMARTS) is 1. The van der Waals surface area contributed by atoms with E-state index >= 15 is 0 Å². The van der Waals surface area contributed by atoms with Crippen LogP contribution in [0.5, 0.6) is 5.75 Å². The molecule has 1 aromatic rings. The molecule has 0 saturated heterocycles. The fourth-order valence-corrected chi connectivity index (χ4v) is 2.48. The molecule has 0 bridgehead atoms. The summed E-state index contributed by atoms with van der Waals surface area (Å²) in [5.74, 6) is -0.558. The van der Waals surface area contributed by atoms with Crippen LogP contribution in [0.15, 0.2) is 24.3 Å². The molecule has 0 aromatic heterocycles. The van der Waals surface area contributed by atoms with Gasteiger partial charge in [0.2, 0.25) is 0 Å². The van der Waals surface area contributed by atoms with Gasteiger partial charge in [0.1, 0.15) is 17.9 Å². The summed E-state index contributed by atoms with van der Waals surface area (Å²) in [6, 6.07) is 6.67. The lowest BCUT2D eigenvalue weighted by atomic mass is 10.2. The maximum atomic E-state index is 11.0. The van der Waals surface area contributed by atoms with Gasteiger partial charge < -0.3 is 19.9 Å². The van der Waals surface area contributed by atoms with Crippen LogP contribution in [0.1, 0.15) is 36.0 Å². The number of aromatic carboxylic acids is 1. The first kappa shape index (κ1) is 15.8. The Kier molecular flexibility index (Phi) is 6.50. The molecule has 1 aliphatic carbocycles. The molecule has 0 spiro atoms. The van der Waals surface area contributed by atoms with Crippen molar-refractivity contribution in [1.82, 2.24) is 5.32 Å². The lowest BCUT2D eigenvalue weighted by Crippen LogP contribution is -2.26. The maximum absolute atomic E-state index is 11.0. The molecule has 0 radical (unpaired) electrons. The molecule has 5 heteroatoms. The summed E-state index contributed by atoms with van der Waals surface area (Å²) in [6.07, 6.45) is 5.40. The van der Waals surface area contributed by atoms with Crippen molar-refractivity contribution in [3.05, 3.63) is 29.8 Å². The fourth-order valence-electron chi connectivity index (χ4n) is 2.48. The number of hydrogen-bond donors (Lipinski definition) is 2. The van der Waals surface area contributed by atoms with Gasteiger partial charge in [0.25, 0.3) is 0 Å². The molecular formula is C16H23NO4. The van der Waals surface area contributed by atoms with Gasteiger partial charge in [-0.25, -0.2) is 4.79 Å². The number of carbonyl (C=O) groups is 1. The van der Waals surface area contributed by atoms with E-state index in [4.69, 9.17) is 14.6 Å². The number of benzene rings is 1. The fraction of sp³-hybridized carbons (Fsp3) is 0.562. The predicted molar refractivity (Wildman–Crippen MR) is 80.0 cm³/mol. The van der Waals surface area contributed by atoms with Crippen LogP contribution < -0.4 is 10.1 Å². The van der Waals surface area contributed by atoms with Crippen LogP contribution in [0.2, 0.25) is 0 Å². The second-order valence-electron chi connectivity index (χ2n) is 5.18. The SMILES string of the molecule is O=C(O)c1ccccc1OCCNCCOC1CCCC1. The van der Waals surface area contributed by atoms with E-state index in [1.807, 2.05) is 0 Å². The summed E-state index contributed by atoms with van der Waals surface area (Å²) in [5, 5.41) is 12.3. The van der Waals surface area contributed by atoms with E-state index in [1.54, 1.807) is 24.3 Å². The number of hydrogen-bond acceptors (Lipinski definition) is 4. The average molecular weight is 293 g/mol. The summed E-state index contributed by atoms with van der Waals surface area (Å²) in [6.45, 7) is 2.62. The van der Waals surface area contributed by atoms with Crippen LogP contribution in [0.25, 0.3) is 0 Å². The predicted octanol–water partition coefficient (Wildman–Crippen LogP) is 2.31. The zero-order chi connectivity index (χ0) is 14.9. The van der Waals surface area contributed by atoms with Crippen molar-refractivity contribution in [3.8, 4) is 5.75 Å². The van der Waals surface area contributed by atoms with Gasteiger partial charge in [0, 0.05) is 13.1 Å². The van der Waals surface area contributed by atoms with E-state index in [9.17, 15) is 4.79 Å². The molecule has 0 unspecified atom stereocenters. The molecule has 2 rings (SSSR count). The molecule has 1 fully saturated rings. The van der Waals surface area contributed by atoms with Crippen molar-refractivity contribution < 1.29 is 19.4 Å². The van der Waals surface area contributed by atoms with Crippen molar-refractivity contribution in [3.63, 3.8) is 0 Å². The third-order valence-corrected chi connectivity index (χ3v) is 3.59. The minimum Gasteiger partial charge on any atom is -0.491 e. The molecule has 1 saturated carbocycles. The Morgan fingerprint density at radius 3 is 2.67 bits per heavy atom. The standard InChI is InChI=1S/C16H23NO4/c18-16(19)14-7-3-4-8-15(14)21-12-10-17-9-11-20-13-5-1-2-6-13/h3-4,7-8,13,17H,1-2,5-6,9-12H2,(H,18,19). The summed E-state index contributed by atoms with van der Waals surface area (Å²) in [5.41, 5.74) is 0.196. The largest absolute Gasteiger partial charge is 0.491 e. The van der Waals surface area contributed by atoms with Gasteiger partial charge in [0.15, 0.2) is 0 Å². The zero-order valence-corrected chi connectivity index (χ0v) is 12.2. The smallest absolute Gasteiger partial charge is 0.339 e. The monoisotopic (exact) mass is 293 g/mol. The second-order valence-corrected chi connectivity index (χ2v) is 5.18. The Morgan fingerprint density at radius 2 is 1.90 bits per heavy atom. The molecular weight excluding hydrogens is 270 g/mol. The highest BCUT2D eigenvalue weighted by Gasteiger charge is 2.14. The van der Waals surface area contributed by atoms with Crippen molar-refractivity contribution >= 4 is 5.97 Å². The first-order valence-electron chi connectivity index (χ1n) is 7.55. The molecule has 0 atom stereocenters. The maximum Gasteiger partial charge on any atom is 0.339 e. The third-order valence-electron chi connectivity index (χ3n) is 3.59. The van der Waals surface area contributed by atoms with Crippen molar-refractivity contribution in [2.24, 2.45) is 0 Å². The normalized spacial score (nSPS) is 15.2. The van der Waals surface area contributed by atoms with Gasteiger partial charge in [-0.2, -0.15) is 0 Å². The molecule has 5 nitrogen and oxygen atoms in total. The minimum atomic E-state index is -0.969. The van der Waals surface area contributed by atoms with Gasteiger partial charge in [-0.3, -0.25) is 0 Å². The van der Waals surface area contributed by atoms with Crippen LogP contribution in [0, 0.1) is 0 Å². The van der Waals surface area contributed by atoms with E-state index in [0.717, 1.165) is 13.2 Å². The van der Waals surface area contributed by atoms with Crippen molar-refractivity contribution in [2.75, 3.05) is 26.3 Å². The molecule has 0 aliphatic heterocycles. The molecule has 2 N–H and O–H groups in total.